The van der Waals surface area contributed by atoms with Gasteiger partial charge in [0, 0.05) is 17.4 Å². The van der Waals surface area contributed by atoms with Gasteiger partial charge in [0.05, 0.1) is 11.4 Å². The van der Waals surface area contributed by atoms with Crippen molar-refractivity contribution < 1.29 is 22.7 Å². The maximum Gasteiger partial charge on any atom is 0.355 e. The van der Waals surface area contributed by atoms with Crippen LogP contribution in [-0.2, 0) is 0 Å². The normalized spacial score (nSPS) is 19.4. The molecule has 0 amide bonds. The number of anilines is 1. The molecule has 2 aromatic carbocycles. The summed E-state index contributed by atoms with van der Waals surface area (Å²) in [5.41, 5.74) is -0.563. The Balaban J connectivity index is 1.78. The first kappa shape index (κ1) is 20.5. The smallest absolute Gasteiger partial charge is 0.355 e. The van der Waals surface area contributed by atoms with Gasteiger partial charge in [0.1, 0.15) is 0 Å². The Morgan fingerprint density at radius 3 is 2.37 bits per heavy atom. The Kier molecular flexibility index (Phi) is 5.11. The molecule has 3 aromatic rings. The fourth-order valence-corrected chi connectivity index (χ4v) is 4.04. The average molecular weight is 435 g/mol. The number of benzene rings is 2. The van der Waals surface area contributed by atoms with Gasteiger partial charge in [0.25, 0.3) is 0 Å². The second-order valence-electron chi connectivity index (χ2n) is 7.02. The summed E-state index contributed by atoms with van der Waals surface area (Å²) in [6.07, 6.45) is -4.85. The summed E-state index contributed by atoms with van der Waals surface area (Å²) in [5.74, 6) is -4.73. The maximum atomic E-state index is 14.5. The minimum atomic E-state index is -4.73. The van der Waals surface area contributed by atoms with Crippen molar-refractivity contribution in [2.24, 2.45) is 5.10 Å². The van der Waals surface area contributed by atoms with Gasteiger partial charge in [-0.2, -0.15) is 18.9 Å². The quantitative estimate of drug-likeness (QED) is 0.552. The summed E-state index contributed by atoms with van der Waals surface area (Å²) in [6, 6.07) is 15.8. The highest BCUT2D eigenvalue weighted by atomic mass is 32.1. The number of hydrogen-bond acceptors (Lipinski definition) is 5. The highest BCUT2D eigenvalue weighted by Gasteiger charge is 2.66. The number of hydrazone groups is 1. The van der Waals surface area contributed by atoms with Gasteiger partial charge in [-0.1, -0.05) is 60.2 Å². The van der Waals surface area contributed by atoms with E-state index in [2.05, 4.69) is 10.1 Å². The minimum absolute atomic E-state index is 0.0780. The van der Waals surface area contributed by atoms with Gasteiger partial charge < -0.3 is 5.11 Å². The molecule has 0 spiro atoms. The van der Waals surface area contributed by atoms with E-state index in [1.165, 1.54) is 0 Å². The number of aliphatic hydroxyl groups is 1. The molecule has 4 nitrogen and oxygen atoms in total. The fraction of sp³-hybridized carbons (Fsp3) is 0.238. The molecule has 9 heteroatoms. The highest BCUT2D eigenvalue weighted by molar-refractivity contribution is 7.14. The first-order chi connectivity index (χ1) is 14.2. The summed E-state index contributed by atoms with van der Waals surface area (Å²) in [4.78, 5) is 4.27. The molecule has 0 fully saturated rings. The first-order valence-corrected chi connectivity index (χ1v) is 9.94. The van der Waals surface area contributed by atoms with Crippen molar-refractivity contribution in [3.05, 3.63) is 71.1 Å². The van der Waals surface area contributed by atoms with Crippen molar-refractivity contribution in [1.29, 1.82) is 0 Å². The standard InChI is InChI=1S/C21H17F4N3OS/c1-13-7-9-15(10-8-13)16-11-20(29,21(24,25)18(22)23)28(27-16)19-26-17(12-30-19)14-5-3-2-4-6-14/h2-10,12,18,29H,11H2,1H3/t20-/m1/s1. The molecule has 30 heavy (non-hydrogen) atoms. The van der Waals surface area contributed by atoms with Gasteiger partial charge in [0.2, 0.25) is 10.9 Å². The minimum Gasteiger partial charge on any atom is -0.364 e. The maximum absolute atomic E-state index is 14.5. The van der Waals surface area contributed by atoms with E-state index in [0.717, 1.165) is 22.5 Å². The Labute approximate surface area is 174 Å². The molecule has 1 aliphatic heterocycles. The van der Waals surface area contributed by atoms with Crippen LogP contribution in [0.3, 0.4) is 0 Å². The third-order valence-corrected chi connectivity index (χ3v) is 5.74. The van der Waals surface area contributed by atoms with Crippen LogP contribution < -0.4 is 5.01 Å². The van der Waals surface area contributed by atoms with Gasteiger partial charge >= 0.3 is 12.3 Å². The van der Waals surface area contributed by atoms with Crippen LogP contribution in [0.1, 0.15) is 17.5 Å². The number of aryl methyl sites for hydroxylation is 1. The average Bonchev–Trinajstić information content (AvgIpc) is 3.35. The van der Waals surface area contributed by atoms with E-state index in [1.54, 1.807) is 53.9 Å². The van der Waals surface area contributed by atoms with Crippen molar-refractivity contribution in [3.8, 4) is 11.3 Å². The number of halogens is 4. The zero-order chi connectivity index (χ0) is 21.5. The van der Waals surface area contributed by atoms with E-state index in [0.29, 0.717) is 16.3 Å². The van der Waals surface area contributed by atoms with E-state index in [4.69, 9.17) is 0 Å². The lowest BCUT2D eigenvalue weighted by molar-refractivity contribution is -0.237. The molecule has 1 N–H and O–H groups in total. The predicted octanol–water partition coefficient (Wildman–Crippen LogP) is 5.32. The Hall–Kier alpha value is -2.78. The van der Waals surface area contributed by atoms with E-state index in [9.17, 15) is 22.7 Å². The summed E-state index contributed by atoms with van der Waals surface area (Å²) in [5, 5.41) is 17.0. The van der Waals surface area contributed by atoms with Crippen LogP contribution in [0.4, 0.5) is 22.7 Å². The number of rotatable bonds is 5. The number of thiazole rings is 1. The SMILES string of the molecule is Cc1ccc(C2=NN(c3nc(-c4ccccc4)cs3)[C@](O)(C(F)(F)C(F)F)C2)cc1. The van der Waals surface area contributed by atoms with Crippen LogP contribution in [0.25, 0.3) is 11.3 Å². The summed E-state index contributed by atoms with van der Waals surface area (Å²) >= 11 is 0.941. The number of hydrogen-bond donors (Lipinski definition) is 1. The van der Waals surface area contributed by atoms with Crippen LogP contribution in [0, 0.1) is 6.92 Å². The molecular formula is C21H17F4N3OS. The predicted molar refractivity (Wildman–Crippen MR) is 108 cm³/mol. The molecule has 0 bridgehead atoms. The highest BCUT2D eigenvalue weighted by Crippen LogP contribution is 2.46. The van der Waals surface area contributed by atoms with Gasteiger partial charge in [-0.3, -0.25) is 0 Å². The van der Waals surface area contributed by atoms with Gasteiger partial charge in [-0.05, 0) is 12.5 Å². The molecular weight excluding hydrogens is 418 g/mol. The first-order valence-electron chi connectivity index (χ1n) is 9.06. The van der Waals surface area contributed by atoms with Crippen molar-refractivity contribution in [1.82, 2.24) is 4.98 Å². The van der Waals surface area contributed by atoms with Crippen molar-refractivity contribution in [3.63, 3.8) is 0 Å². The molecule has 0 radical (unpaired) electrons. The lowest BCUT2D eigenvalue weighted by Gasteiger charge is -2.36. The number of nitrogens with zero attached hydrogens (tertiary/aromatic N) is 3. The molecule has 1 aliphatic rings. The number of aromatic nitrogens is 1. The second kappa shape index (κ2) is 7.48. The number of alkyl halides is 4. The van der Waals surface area contributed by atoms with Crippen molar-refractivity contribution in [2.75, 3.05) is 5.01 Å². The molecule has 0 aliphatic carbocycles. The third-order valence-electron chi connectivity index (χ3n) is 4.92. The van der Waals surface area contributed by atoms with Gasteiger partial charge in [-0.25, -0.2) is 13.8 Å². The van der Waals surface area contributed by atoms with Crippen LogP contribution in [0.15, 0.2) is 65.1 Å². The molecule has 0 saturated heterocycles. The lowest BCUT2D eigenvalue weighted by atomic mass is 9.96. The Morgan fingerprint density at radius 1 is 1.07 bits per heavy atom. The molecule has 1 atom stereocenters. The molecule has 1 aromatic heterocycles. The summed E-state index contributed by atoms with van der Waals surface area (Å²) in [7, 11) is 0. The molecule has 4 rings (SSSR count). The van der Waals surface area contributed by atoms with Crippen LogP contribution >= 0.6 is 11.3 Å². The van der Waals surface area contributed by atoms with Crippen molar-refractivity contribution in [2.45, 2.75) is 31.4 Å². The molecule has 0 saturated carbocycles. The van der Waals surface area contributed by atoms with Gasteiger partial charge in [0.15, 0.2) is 0 Å². The van der Waals surface area contributed by atoms with E-state index in [-0.39, 0.29) is 10.8 Å². The third kappa shape index (κ3) is 3.37. The lowest BCUT2D eigenvalue weighted by Crippen LogP contribution is -2.60. The molecule has 2 heterocycles. The van der Waals surface area contributed by atoms with Crippen LogP contribution in [0.5, 0.6) is 0 Å². The van der Waals surface area contributed by atoms with Crippen LogP contribution in [-0.4, -0.2) is 33.9 Å². The zero-order valence-electron chi connectivity index (χ0n) is 15.8. The Bertz CT molecular complexity index is 1070. The monoisotopic (exact) mass is 435 g/mol. The summed E-state index contributed by atoms with van der Waals surface area (Å²) < 4.78 is 55.5. The van der Waals surface area contributed by atoms with Gasteiger partial charge in [-0.15, -0.1) is 11.3 Å². The summed E-state index contributed by atoms with van der Waals surface area (Å²) in [6.45, 7) is 1.86. The van der Waals surface area contributed by atoms with E-state index in [1.807, 2.05) is 13.0 Å². The Morgan fingerprint density at radius 2 is 1.73 bits per heavy atom. The largest absolute Gasteiger partial charge is 0.364 e. The second-order valence-corrected chi connectivity index (χ2v) is 7.86. The van der Waals surface area contributed by atoms with Crippen LogP contribution in [0.2, 0.25) is 0 Å². The molecule has 156 valence electrons. The van der Waals surface area contributed by atoms with E-state index >= 15 is 0 Å². The molecule has 0 unspecified atom stereocenters. The zero-order valence-corrected chi connectivity index (χ0v) is 16.6. The topological polar surface area (TPSA) is 48.7 Å². The van der Waals surface area contributed by atoms with Crippen molar-refractivity contribution >= 4 is 22.2 Å². The van der Waals surface area contributed by atoms with E-state index < -0.39 is 24.5 Å². The fourth-order valence-electron chi connectivity index (χ4n) is 3.19.